The Bertz CT molecular complexity index is 837. The number of hydrogen-bond acceptors (Lipinski definition) is 6. The second-order valence-electron chi connectivity index (χ2n) is 6.23. The summed E-state index contributed by atoms with van der Waals surface area (Å²) in [4.78, 5) is 16.4. The van der Waals surface area contributed by atoms with Crippen molar-refractivity contribution in [3.8, 4) is 11.5 Å². The number of amides is 1. The van der Waals surface area contributed by atoms with Gasteiger partial charge in [0, 0.05) is 44.7 Å². The molecule has 0 N–H and O–H groups in total. The van der Waals surface area contributed by atoms with Crippen LogP contribution in [0, 0.1) is 0 Å². The Morgan fingerprint density at radius 2 is 1.81 bits per heavy atom. The lowest BCUT2D eigenvalue weighted by Gasteiger charge is -2.34. The van der Waals surface area contributed by atoms with Crippen molar-refractivity contribution in [2.45, 2.75) is 6.42 Å². The molecule has 0 spiro atoms. The molecule has 0 atom stereocenters. The third kappa shape index (κ3) is 3.67. The van der Waals surface area contributed by atoms with E-state index in [1.807, 2.05) is 35.2 Å². The highest BCUT2D eigenvalue weighted by Gasteiger charge is 2.23. The number of carbonyl (C=O) groups is 1. The third-order valence-electron chi connectivity index (χ3n) is 4.52. The van der Waals surface area contributed by atoms with E-state index >= 15 is 0 Å². The first-order valence-corrected chi connectivity index (χ1v) is 8.72. The standard InChI is InChI=1S/C19H20N4O3/c24-19(16-7-4-14-25-16)23-12-10-22(11-13-23)9-8-17-20-21-18(26-17)15-5-2-1-3-6-15/h1-7,14H,8-13H2. The quantitative estimate of drug-likeness (QED) is 0.701. The zero-order valence-electron chi connectivity index (χ0n) is 14.4. The zero-order valence-corrected chi connectivity index (χ0v) is 14.4. The minimum atomic E-state index is -0.0425. The largest absolute Gasteiger partial charge is 0.459 e. The predicted octanol–water partition coefficient (Wildman–Crippen LogP) is 2.33. The Hall–Kier alpha value is -2.93. The normalized spacial score (nSPS) is 15.3. The van der Waals surface area contributed by atoms with Gasteiger partial charge in [-0.05, 0) is 24.3 Å². The van der Waals surface area contributed by atoms with E-state index in [1.165, 1.54) is 6.26 Å². The van der Waals surface area contributed by atoms with Gasteiger partial charge in [-0.1, -0.05) is 18.2 Å². The highest BCUT2D eigenvalue weighted by Crippen LogP contribution is 2.17. The molecule has 26 heavy (non-hydrogen) atoms. The summed E-state index contributed by atoms with van der Waals surface area (Å²) in [7, 11) is 0. The molecule has 1 aromatic carbocycles. The van der Waals surface area contributed by atoms with E-state index in [0.717, 1.165) is 25.2 Å². The van der Waals surface area contributed by atoms with E-state index in [2.05, 4.69) is 15.1 Å². The fraction of sp³-hybridized carbons (Fsp3) is 0.316. The molecule has 0 unspecified atom stereocenters. The number of nitrogens with zero attached hydrogens (tertiary/aromatic N) is 4. The summed E-state index contributed by atoms with van der Waals surface area (Å²) in [6.45, 7) is 3.87. The molecular weight excluding hydrogens is 332 g/mol. The van der Waals surface area contributed by atoms with Crippen LogP contribution in [0.2, 0.25) is 0 Å². The number of aromatic nitrogens is 2. The lowest BCUT2D eigenvalue weighted by Crippen LogP contribution is -2.49. The number of rotatable bonds is 5. The van der Waals surface area contributed by atoms with Crippen molar-refractivity contribution in [1.29, 1.82) is 0 Å². The van der Waals surface area contributed by atoms with Gasteiger partial charge in [0.2, 0.25) is 11.8 Å². The second kappa shape index (κ2) is 7.53. The van der Waals surface area contributed by atoms with Crippen LogP contribution in [0.1, 0.15) is 16.4 Å². The maximum absolute atomic E-state index is 12.3. The molecule has 1 saturated heterocycles. The van der Waals surface area contributed by atoms with Gasteiger partial charge in [0.15, 0.2) is 5.76 Å². The molecule has 0 saturated carbocycles. The highest BCUT2D eigenvalue weighted by atomic mass is 16.4. The van der Waals surface area contributed by atoms with Crippen LogP contribution in [0.3, 0.4) is 0 Å². The van der Waals surface area contributed by atoms with E-state index in [1.54, 1.807) is 12.1 Å². The number of furan rings is 1. The highest BCUT2D eigenvalue weighted by molar-refractivity contribution is 5.91. The third-order valence-corrected chi connectivity index (χ3v) is 4.52. The lowest BCUT2D eigenvalue weighted by atomic mass is 10.2. The van der Waals surface area contributed by atoms with Gasteiger partial charge in [-0.25, -0.2) is 0 Å². The SMILES string of the molecule is O=C(c1ccco1)N1CCN(CCc2nnc(-c3ccccc3)o2)CC1. The lowest BCUT2D eigenvalue weighted by molar-refractivity contribution is 0.0605. The summed E-state index contributed by atoms with van der Waals surface area (Å²) < 4.78 is 10.9. The van der Waals surface area contributed by atoms with Crippen molar-refractivity contribution >= 4 is 5.91 Å². The molecule has 1 aliphatic heterocycles. The molecule has 1 amide bonds. The first kappa shape index (κ1) is 16.5. The van der Waals surface area contributed by atoms with Gasteiger partial charge in [0.25, 0.3) is 5.91 Å². The molecule has 134 valence electrons. The zero-order chi connectivity index (χ0) is 17.8. The van der Waals surface area contributed by atoms with Crippen LogP contribution in [-0.2, 0) is 6.42 Å². The van der Waals surface area contributed by atoms with E-state index in [-0.39, 0.29) is 5.91 Å². The number of carbonyl (C=O) groups excluding carboxylic acids is 1. The van der Waals surface area contributed by atoms with Crippen LogP contribution in [-0.4, -0.2) is 58.6 Å². The topological polar surface area (TPSA) is 75.6 Å². The van der Waals surface area contributed by atoms with Gasteiger partial charge in [-0.2, -0.15) is 0 Å². The smallest absolute Gasteiger partial charge is 0.289 e. The van der Waals surface area contributed by atoms with Gasteiger partial charge in [0.05, 0.1) is 6.26 Å². The van der Waals surface area contributed by atoms with Crippen LogP contribution >= 0.6 is 0 Å². The Kier molecular flexibility index (Phi) is 4.79. The van der Waals surface area contributed by atoms with Crippen molar-refractivity contribution in [2.75, 3.05) is 32.7 Å². The molecule has 3 aromatic rings. The molecule has 3 heterocycles. The van der Waals surface area contributed by atoms with Crippen molar-refractivity contribution in [2.24, 2.45) is 0 Å². The fourth-order valence-corrected chi connectivity index (χ4v) is 3.04. The van der Waals surface area contributed by atoms with Gasteiger partial charge >= 0.3 is 0 Å². The van der Waals surface area contributed by atoms with Crippen LogP contribution in [0.25, 0.3) is 11.5 Å². The van der Waals surface area contributed by atoms with Crippen molar-refractivity contribution < 1.29 is 13.6 Å². The molecule has 1 fully saturated rings. The van der Waals surface area contributed by atoms with Crippen LogP contribution < -0.4 is 0 Å². The predicted molar refractivity (Wildman–Crippen MR) is 94.5 cm³/mol. The number of benzene rings is 1. The maximum Gasteiger partial charge on any atom is 0.289 e. The molecule has 0 bridgehead atoms. The first-order chi connectivity index (χ1) is 12.8. The van der Waals surface area contributed by atoms with Gasteiger partial charge < -0.3 is 13.7 Å². The maximum atomic E-state index is 12.3. The molecule has 0 aliphatic carbocycles. The van der Waals surface area contributed by atoms with Crippen LogP contribution in [0.15, 0.2) is 57.6 Å². The number of hydrogen-bond donors (Lipinski definition) is 0. The molecule has 7 nitrogen and oxygen atoms in total. The van der Waals surface area contributed by atoms with E-state index in [9.17, 15) is 4.79 Å². The molecule has 7 heteroatoms. The first-order valence-electron chi connectivity index (χ1n) is 8.72. The van der Waals surface area contributed by atoms with Crippen LogP contribution in [0.4, 0.5) is 0 Å². The van der Waals surface area contributed by atoms with Crippen molar-refractivity contribution in [3.63, 3.8) is 0 Å². The Labute approximate surface area is 151 Å². The molecule has 2 aromatic heterocycles. The average Bonchev–Trinajstić information content (AvgIpc) is 3.39. The minimum Gasteiger partial charge on any atom is -0.459 e. The second-order valence-corrected chi connectivity index (χ2v) is 6.23. The van der Waals surface area contributed by atoms with Crippen molar-refractivity contribution in [1.82, 2.24) is 20.0 Å². The summed E-state index contributed by atoms with van der Waals surface area (Å²) in [6.07, 6.45) is 2.23. The fourth-order valence-electron chi connectivity index (χ4n) is 3.04. The number of piperazine rings is 1. The summed E-state index contributed by atoms with van der Waals surface area (Å²) in [5.74, 6) is 1.55. The summed E-state index contributed by atoms with van der Waals surface area (Å²) in [5.41, 5.74) is 0.927. The van der Waals surface area contributed by atoms with Crippen molar-refractivity contribution in [3.05, 3.63) is 60.4 Å². The van der Waals surface area contributed by atoms with Crippen LogP contribution in [0.5, 0.6) is 0 Å². The van der Waals surface area contributed by atoms with Gasteiger partial charge in [0.1, 0.15) is 0 Å². The monoisotopic (exact) mass is 352 g/mol. The van der Waals surface area contributed by atoms with Gasteiger partial charge in [-0.3, -0.25) is 9.69 Å². The molecule has 1 aliphatic rings. The average molecular weight is 352 g/mol. The summed E-state index contributed by atoms with van der Waals surface area (Å²) in [5, 5.41) is 8.25. The summed E-state index contributed by atoms with van der Waals surface area (Å²) >= 11 is 0. The molecule has 4 rings (SSSR count). The van der Waals surface area contributed by atoms with Gasteiger partial charge in [-0.15, -0.1) is 10.2 Å². The minimum absolute atomic E-state index is 0.0425. The van der Waals surface area contributed by atoms with E-state index in [4.69, 9.17) is 8.83 Å². The van der Waals surface area contributed by atoms with E-state index in [0.29, 0.717) is 37.1 Å². The molecular formula is C19H20N4O3. The Morgan fingerprint density at radius 3 is 2.54 bits per heavy atom. The Morgan fingerprint density at radius 1 is 1.00 bits per heavy atom. The molecule has 0 radical (unpaired) electrons. The Balaban J connectivity index is 1.26. The summed E-state index contributed by atoms with van der Waals surface area (Å²) in [6, 6.07) is 13.2. The van der Waals surface area contributed by atoms with E-state index < -0.39 is 0 Å².